The number of carboxylic acids is 1. The molecule has 0 spiro atoms. The summed E-state index contributed by atoms with van der Waals surface area (Å²) in [6.45, 7) is 3.66. The van der Waals surface area contributed by atoms with Crippen molar-refractivity contribution in [2.45, 2.75) is 51.4 Å². The van der Waals surface area contributed by atoms with Crippen LogP contribution >= 0.6 is 0 Å². The maximum atomic E-state index is 10.2. The van der Waals surface area contributed by atoms with Gasteiger partial charge in [0.25, 0.3) is 0 Å². The van der Waals surface area contributed by atoms with Crippen molar-refractivity contribution < 1.29 is 12.8 Å². The van der Waals surface area contributed by atoms with E-state index in [9.17, 15) is 4.79 Å². The molecule has 14 heavy (non-hydrogen) atoms. The maximum absolute atomic E-state index is 10.2. The molecule has 0 aliphatic heterocycles. The van der Waals surface area contributed by atoms with Gasteiger partial charge in [0, 0.05) is 6.42 Å². The van der Waals surface area contributed by atoms with Crippen LogP contribution in [0.15, 0.2) is 12.7 Å². The topological polar surface area (TPSA) is 37.3 Å². The third kappa shape index (κ3) is 15.0. The van der Waals surface area contributed by atoms with Crippen molar-refractivity contribution in [3.63, 3.8) is 0 Å². The molecule has 1 N–H and O–H groups in total. The molecule has 0 aromatic carbocycles. The molecule has 80 valence electrons. The Labute approximate surface area is 120 Å². The van der Waals surface area contributed by atoms with Crippen LogP contribution in [-0.4, -0.2) is 48.8 Å². The van der Waals surface area contributed by atoms with Crippen molar-refractivity contribution in [2.24, 2.45) is 0 Å². The Hall–Kier alpha value is 0.470. The summed E-state index contributed by atoms with van der Waals surface area (Å²) in [5, 5.41) is 8.38. The van der Waals surface area contributed by atoms with Crippen molar-refractivity contribution in [3.05, 3.63) is 12.7 Å². The van der Waals surface area contributed by atoms with Crippen LogP contribution in [0.25, 0.3) is 0 Å². The Morgan fingerprint density at radius 2 is 1.64 bits per heavy atom. The van der Waals surface area contributed by atoms with Crippen molar-refractivity contribution >= 4 is 43.7 Å². The molecule has 0 bridgehead atoms. The molecule has 0 aromatic heterocycles. The second-order valence-electron chi connectivity index (χ2n) is 3.34. The summed E-state index contributed by atoms with van der Waals surface area (Å²) >= 11 is 0. The van der Waals surface area contributed by atoms with Crippen LogP contribution in [0.3, 0.4) is 0 Å². The molecule has 0 radical (unpaired) electrons. The molecule has 0 saturated carbocycles. The van der Waals surface area contributed by atoms with Gasteiger partial charge in [-0.3, -0.25) is 4.79 Å². The van der Waals surface area contributed by atoms with E-state index in [0.29, 0.717) is 6.42 Å². The minimum Gasteiger partial charge on any atom is -1.00 e. The Morgan fingerprint density at radius 1 is 1.14 bits per heavy atom. The van der Waals surface area contributed by atoms with Gasteiger partial charge in [-0.05, 0) is 19.3 Å². The molecule has 0 unspecified atom stereocenters. The van der Waals surface area contributed by atoms with Gasteiger partial charge in [-0.2, -0.15) is 0 Å². The van der Waals surface area contributed by atoms with Gasteiger partial charge in [0.1, 0.15) is 0 Å². The van der Waals surface area contributed by atoms with Gasteiger partial charge in [0.2, 0.25) is 0 Å². The van der Waals surface area contributed by atoms with E-state index < -0.39 is 5.97 Å². The van der Waals surface area contributed by atoms with Crippen LogP contribution in [0.5, 0.6) is 0 Å². The number of allylic oxidation sites excluding steroid dienone is 1. The first-order chi connectivity index (χ1) is 6.27. The average molecular weight is 226 g/mol. The third-order valence-electron chi connectivity index (χ3n) is 2.05. The smallest absolute Gasteiger partial charge is 1.00 e. The van der Waals surface area contributed by atoms with Gasteiger partial charge in [-0.15, -0.1) is 6.58 Å². The number of hydrogen-bond acceptors (Lipinski definition) is 1. The maximum Gasteiger partial charge on any atom is 2.00 e. The summed E-state index contributed by atoms with van der Waals surface area (Å²) in [6, 6.07) is 0. The van der Waals surface area contributed by atoms with Crippen LogP contribution < -0.4 is 0 Å². The van der Waals surface area contributed by atoms with E-state index in [1.165, 1.54) is 25.7 Å². The summed E-state index contributed by atoms with van der Waals surface area (Å²) in [5.74, 6) is -0.674. The SMILES string of the molecule is C=CCCCCCCCCC(=O)O.[Ca+2].[H-].[H-]. The Balaban J connectivity index is -0.000000240. The van der Waals surface area contributed by atoms with Crippen LogP contribution in [-0.2, 0) is 4.79 Å². The molecule has 0 fully saturated rings. The molecule has 0 aliphatic carbocycles. The van der Waals surface area contributed by atoms with E-state index in [1.807, 2.05) is 6.08 Å². The van der Waals surface area contributed by atoms with E-state index in [1.54, 1.807) is 0 Å². The van der Waals surface area contributed by atoms with Gasteiger partial charge in [-0.1, -0.05) is 31.8 Å². The molecule has 0 heterocycles. The minimum absolute atomic E-state index is 0. The average Bonchev–Trinajstić information content (AvgIpc) is 2.09. The fourth-order valence-electron chi connectivity index (χ4n) is 1.27. The molecule has 0 saturated heterocycles. The van der Waals surface area contributed by atoms with E-state index in [2.05, 4.69) is 6.58 Å². The van der Waals surface area contributed by atoms with Crippen LogP contribution in [0.2, 0.25) is 0 Å². The molecule has 3 heteroatoms. The predicted octanol–water partition coefficient (Wildman–Crippen LogP) is 3.22. The zero-order valence-electron chi connectivity index (χ0n) is 11.0. The quantitative estimate of drug-likeness (QED) is 0.372. The monoisotopic (exact) mass is 226 g/mol. The fraction of sp³-hybridized carbons (Fsp3) is 0.727. The fourth-order valence-corrected chi connectivity index (χ4v) is 1.27. The Kier molecular flexibility index (Phi) is 16.2. The molecule has 0 atom stereocenters. The van der Waals surface area contributed by atoms with E-state index in [0.717, 1.165) is 19.3 Å². The number of hydrogen-bond donors (Lipinski definition) is 1. The number of unbranched alkanes of at least 4 members (excludes halogenated alkanes) is 6. The van der Waals surface area contributed by atoms with E-state index >= 15 is 0 Å². The van der Waals surface area contributed by atoms with Crippen molar-refractivity contribution in [1.29, 1.82) is 0 Å². The largest absolute Gasteiger partial charge is 2.00 e. The number of rotatable bonds is 9. The number of carboxylic acid groups (broad SMARTS) is 1. The molecule has 0 aliphatic rings. The molecule has 0 aromatic rings. The van der Waals surface area contributed by atoms with Gasteiger partial charge in [-0.25, -0.2) is 0 Å². The summed E-state index contributed by atoms with van der Waals surface area (Å²) in [5.41, 5.74) is 0. The second-order valence-corrected chi connectivity index (χ2v) is 3.34. The third-order valence-corrected chi connectivity index (χ3v) is 2.05. The van der Waals surface area contributed by atoms with Crippen LogP contribution in [0.1, 0.15) is 54.2 Å². The first kappa shape index (κ1) is 16.9. The molecular weight excluding hydrogens is 204 g/mol. The first-order valence-electron chi connectivity index (χ1n) is 5.10. The number of carbonyl (C=O) groups is 1. The van der Waals surface area contributed by atoms with Crippen LogP contribution in [0, 0.1) is 0 Å². The van der Waals surface area contributed by atoms with Gasteiger partial charge in [0.05, 0.1) is 0 Å². The standard InChI is InChI=1S/C11H20O2.Ca.2H/c1-2-3-4-5-6-7-8-9-10-11(12)13;;;/h2H,1,3-10H2,(H,12,13);;;/q;+2;2*-1. The molecular formula is C11H22CaO2. The van der Waals surface area contributed by atoms with Gasteiger partial charge >= 0.3 is 43.7 Å². The van der Waals surface area contributed by atoms with E-state index in [-0.39, 0.29) is 40.6 Å². The Morgan fingerprint density at radius 3 is 2.14 bits per heavy atom. The van der Waals surface area contributed by atoms with Crippen molar-refractivity contribution in [1.82, 2.24) is 0 Å². The van der Waals surface area contributed by atoms with Gasteiger partial charge in [0.15, 0.2) is 0 Å². The van der Waals surface area contributed by atoms with E-state index in [4.69, 9.17) is 5.11 Å². The first-order valence-corrected chi connectivity index (χ1v) is 5.10. The summed E-state index contributed by atoms with van der Waals surface area (Å²) < 4.78 is 0. The van der Waals surface area contributed by atoms with Gasteiger partial charge < -0.3 is 7.96 Å². The zero-order valence-corrected chi connectivity index (χ0v) is 11.2. The summed E-state index contributed by atoms with van der Waals surface area (Å²) in [6.07, 6.45) is 10.1. The molecule has 0 rings (SSSR count). The minimum atomic E-state index is -0.674. The van der Waals surface area contributed by atoms with Crippen LogP contribution in [0.4, 0.5) is 0 Å². The van der Waals surface area contributed by atoms with Crippen molar-refractivity contribution in [2.75, 3.05) is 0 Å². The predicted molar refractivity (Wildman–Crippen MR) is 62.7 cm³/mol. The Bertz CT molecular complexity index is 155. The zero-order chi connectivity index (χ0) is 9.94. The normalized spacial score (nSPS) is 9.14. The van der Waals surface area contributed by atoms with Crippen molar-refractivity contribution in [3.8, 4) is 0 Å². The molecule has 2 nitrogen and oxygen atoms in total. The number of aliphatic carboxylic acids is 1. The summed E-state index contributed by atoms with van der Waals surface area (Å²) in [4.78, 5) is 10.2. The summed E-state index contributed by atoms with van der Waals surface area (Å²) in [7, 11) is 0. The second kappa shape index (κ2) is 13.5. The molecule has 0 amide bonds.